The van der Waals surface area contributed by atoms with Crippen LogP contribution in [0.4, 0.5) is 5.69 Å². The number of hydrogen-bond acceptors (Lipinski definition) is 5. The van der Waals surface area contributed by atoms with Crippen LogP contribution in [0.5, 0.6) is 5.75 Å². The average molecular weight is 440 g/mol. The van der Waals surface area contributed by atoms with Crippen LogP contribution < -0.4 is 9.46 Å². The molecule has 3 heterocycles. The van der Waals surface area contributed by atoms with Gasteiger partial charge in [-0.3, -0.25) is 9.40 Å². The zero-order chi connectivity index (χ0) is 22.3. The number of ether oxygens (including phenoxy) is 1. The molecule has 4 rings (SSSR count). The Bertz CT molecular complexity index is 1390. The molecule has 0 bridgehead atoms. The number of hydrogen-bond donors (Lipinski definition) is 1. The predicted molar refractivity (Wildman–Crippen MR) is 120 cm³/mol. The van der Waals surface area contributed by atoms with Crippen molar-refractivity contribution in [2.75, 3.05) is 11.8 Å². The first-order valence-electron chi connectivity index (χ1n) is 9.94. The van der Waals surface area contributed by atoms with Crippen molar-refractivity contribution in [1.82, 2.24) is 19.2 Å². The maximum absolute atomic E-state index is 13.2. The number of imidazole rings is 1. The van der Waals surface area contributed by atoms with Gasteiger partial charge in [0.15, 0.2) is 0 Å². The van der Waals surface area contributed by atoms with Gasteiger partial charge in [-0.15, -0.1) is 0 Å². The standard InChI is InChI=1S/C22H25N5O3S/c1-6-27-16(4)21(15(3)24-27)31(28,29)25-18-12-17(9-10-20(18)30-5)19-13-26-11-7-8-14(2)22(26)23-19/h7-13,25H,6H2,1-5H3. The van der Waals surface area contributed by atoms with Gasteiger partial charge >= 0.3 is 0 Å². The molecule has 0 unspecified atom stereocenters. The van der Waals surface area contributed by atoms with Gasteiger partial charge in [-0.1, -0.05) is 6.07 Å². The molecule has 0 amide bonds. The summed E-state index contributed by atoms with van der Waals surface area (Å²) in [4.78, 5) is 4.89. The van der Waals surface area contributed by atoms with Crippen LogP contribution >= 0.6 is 0 Å². The number of fused-ring (bicyclic) bond motifs is 1. The van der Waals surface area contributed by atoms with E-state index in [4.69, 9.17) is 9.72 Å². The third kappa shape index (κ3) is 3.65. The summed E-state index contributed by atoms with van der Waals surface area (Å²) < 4.78 is 38.2. The summed E-state index contributed by atoms with van der Waals surface area (Å²) in [6.07, 6.45) is 3.85. The van der Waals surface area contributed by atoms with Crippen molar-refractivity contribution in [2.24, 2.45) is 0 Å². The molecule has 1 aromatic carbocycles. The first kappa shape index (κ1) is 20.9. The molecule has 8 nitrogen and oxygen atoms in total. The van der Waals surface area contributed by atoms with Gasteiger partial charge in [0.2, 0.25) is 0 Å². The maximum Gasteiger partial charge on any atom is 0.265 e. The lowest BCUT2D eigenvalue weighted by Crippen LogP contribution is -2.15. The van der Waals surface area contributed by atoms with E-state index >= 15 is 0 Å². The number of benzene rings is 1. The summed E-state index contributed by atoms with van der Waals surface area (Å²) in [7, 11) is -2.36. The molecule has 0 spiro atoms. The summed E-state index contributed by atoms with van der Waals surface area (Å²) in [5.41, 5.74) is 4.83. The van der Waals surface area contributed by atoms with E-state index in [1.165, 1.54) is 7.11 Å². The maximum atomic E-state index is 13.2. The van der Waals surface area contributed by atoms with Crippen LogP contribution in [0.2, 0.25) is 0 Å². The Hall–Kier alpha value is -3.33. The van der Waals surface area contributed by atoms with Crippen LogP contribution in [-0.2, 0) is 16.6 Å². The molecule has 0 fully saturated rings. The zero-order valence-corrected chi connectivity index (χ0v) is 19.0. The second kappa shape index (κ2) is 7.73. The number of nitrogens with zero attached hydrogens (tertiary/aromatic N) is 4. The van der Waals surface area contributed by atoms with Crippen molar-refractivity contribution >= 4 is 21.4 Å². The van der Waals surface area contributed by atoms with Gasteiger partial charge in [0.25, 0.3) is 10.0 Å². The van der Waals surface area contributed by atoms with Crippen molar-refractivity contribution in [1.29, 1.82) is 0 Å². The van der Waals surface area contributed by atoms with Crippen LogP contribution in [0.25, 0.3) is 16.9 Å². The minimum Gasteiger partial charge on any atom is -0.495 e. The normalized spacial score (nSPS) is 11.8. The molecule has 0 aliphatic heterocycles. The van der Waals surface area contributed by atoms with E-state index in [2.05, 4.69) is 9.82 Å². The highest BCUT2D eigenvalue weighted by Gasteiger charge is 2.25. The lowest BCUT2D eigenvalue weighted by molar-refractivity contribution is 0.417. The monoisotopic (exact) mass is 439 g/mol. The fourth-order valence-electron chi connectivity index (χ4n) is 3.81. The number of pyridine rings is 1. The van der Waals surface area contributed by atoms with Gasteiger partial charge in [0, 0.05) is 24.5 Å². The predicted octanol–water partition coefficient (Wildman–Crippen LogP) is 3.95. The molecule has 1 N–H and O–H groups in total. The van der Waals surface area contributed by atoms with Crippen LogP contribution in [0.15, 0.2) is 47.6 Å². The molecule has 0 saturated heterocycles. The van der Waals surface area contributed by atoms with Crippen molar-refractivity contribution in [2.45, 2.75) is 39.1 Å². The summed E-state index contributed by atoms with van der Waals surface area (Å²) in [5.74, 6) is 0.422. The number of aromatic nitrogens is 4. The van der Waals surface area contributed by atoms with Crippen LogP contribution in [-0.4, -0.2) is 34.7 Å². The topological polar surface area (TPSA) is 90.5 Å². The van der Waals surface area contributed by atoms with E-state index in [9.17, 15) is 8.42 Å². The molecule has 4 aromatic rings. The smallest absolute Gasteiger partial charge is 0.265 e. The zero-order valence-electron chi connectivity index (χ0n) is 18.2. The third-order valence-electron chi connectivity index (χ3n) is 5.30. The highest BCUT2D eigenvalue weighted by Crippen LogP contribution is 2.33. The first-order valence-corrected chi connectivity index (χ1v) is 11.4. The van der Waals surface area contributed by atoms with Gasteiger partial charge in [-0.2, -0.15) is 5.10 Å². The number of nitrogens with one attached hydrogen (secondary N) is 1. The van der Waals surface area contributed by atoms with Gasteiger partial charge in [-0.05, 0) is 57.5 Å². The van der Waals surface area contributed by atoms with Gasteiger partial charge in [0.1, 0.15) is 16.3 Å². The van der Waals surface area contributed by atoms with Crippen molar-refractivity contribution < 1.29 is 13.2 Å². The molecule has 0 atom stereocenters. The van der Waals surface area contributed by atoms with Crippen molar-refractivity contribution in [3.05, 3.63) is 59.7 Å². The summed E-state index contributed by atoms with van der Waals surface area (Å²) in [6, 6.07) is 9.30. The number of aryl methyl sites for hydroxylation is 3. The summed E-state index contributed by atoms with van der Waals surface area (Å²) >= 11 is 0. The van der Waals surface area contributed by atoms with E-state index in [1.54, 1.807) is 30.7 Å². The second-order valence-electron chi connectivity index (χ2n) is 7.38. The van der Waals surface area contributed by atoms with E-state index in [0.717, 1.165) is 22.5 Å². The minimum atomic E-state index is -3.87. The number of methoxy groups -OCH3 is 1. The van der Waals surface area contributed by atoms with Gasteiger partial charge in [0.05, 0.1) is 29.9 Å². The first-order chi connectivity index (χ1) is 14.7. The van der Waals surface area contributed by atoms with Crippen LogP contribution in [0, 0.1) is 20.8 Å². The molecule has 0 radical (unpaired) electrons. The molecule has 9 heteroatoms. The van der Waals surface area contributed by atoms with E-state index in [-0.39, 0.29) is 4.90 Å². The van der Waals surface area contributed by atoms with Crippen molar-refractivity contribution in [3.63, 3.8) is 0 Å². The highest BCUT2D eigenvalue weighted by atomic mass is 32.2. The lowest BCUT2D eigenvalue weighted by atomic mass is 10.1. The Labute approximate surface area is 181 Å². The van der Waals surface area contributed by atoms with E-state index in [0.29, 0.717) is 29.4 Å². The average Bonchev–Trinajstić information content (AvgIpc) is 3.29. The fraction of sp³-hybridized carbons (Fsp3) is 0.273. The molecule has 0 saturated carbocycles. The molecule has 0 aliphatic rings. The highest BCUT2D eigenvalue weighted by molar-refractivity contribution is 7.92. The SMILES string of the molecule is CCn1nc(C)c(S(=O)(=O)Nc2cc(-c3cn4cccc(C)c4n3)ccc2OC)c1C. The Morgan fingerprint density at radius 2 is 1.94 bits per heavy atom. The molecule has 0 aliphatic carbocycles. The molecular formula is C22H25N5O3S. The number of anilines is 1. The summed E-state index contributed by atoms with van der Waals surface area (Å²) in [6.45, 7) is 7.96. The molecule has 3 aromatic heterocycles. The Morgan fingerprint density at radius 1 is 1.16 bits per heavy atom. The molecular weight excluding hydrogens is 414 g/mol. The largest absolute Gasteiger partial charge is 0.495 e. The minimum absolute atomic E-state index is 0.185. The van der Waals surface area contributed by atoms with E-state index in [1.807, 2.05) is 48.8 Å². The quantitative estimate of drug-likeness (QED) is 0.491. The van der Waals surface area contributed by atoms with Crippen molar-refractivity contribution in [3.8, 4) is 17.0 Å². The second-order valence-corrected chi connectivity index (χ2v) is 9.00. The Balaban J connectivity index is 1.78. The fourth-order valence-corrected chi connectivity index (χ4v) is 5.29. The molecule has 31 heavy (non-hydrogen) atoms. The Morgan fingerprint density at radius 3 is 2.58 bits per heavy atom. The van der Waals surface area contributed by atoms with Gasteiger partial charge in [-0.25, -0.2) is 13.4 Å². The molecule has 162 valence electrons. The summed E-state index contributed by atoms with van der Waals surface area (Å²) in [5, 5.41) is 4.33. The van der Waals surface area contributed by atoms with Gasteiger partial charge < -0.3 is 9.14 Å². The third-order valence-corrected chi connectivity index (χ3v) is 6.92. The number of sulfonamides is 1. The lowest BCUT2D eigenvalue weighted by Gasteiger charge is -2.13. The Kier molecular flexibility index (Phi) is 5.22. The number of rotatable bonds is 6. The van der Waals surface area contributed by atoms with Crippen LogP contribution in [0.3, 0.4) is 0 Å². The van der Waals surface area contributed by atoms with Crippen LogP contribution in [0.1, 0.15) is 23.9 Å². The van der Waals surface area contributed by atoms with E-state index < -0.39 is 10.0 Å².